The zero-order chi connectivity index (χ0) is 22.7. The van der Waals surface area contributed by atoms with Gasteiger partial charge in [0.25, 0.3) is 6.43 Å². The van der Waals surface area contributed by atoms with Crippen molar-refractivity contribution < 1.29 is 17.6 Å². The normalized spacial score (nSPS) is 12.2. The van der Waals surface area contributed by atoms with Crippen molar-refractivity contribution in [2.45, 2.75) is 13.0 Å². The molecular formula is C21H11F4N7S. The van der Waals surface area contributed by atoms with E-state index in [1.165, 1.54) is 29.2 Å². The Morgan fingerprint density at radius 2 is 1.79 bits per heavy atom. The van der Waals surface area contributed by atoms with Crippen molar-refractivity contribution >= 4 is 37.4 Å². The number of thiophene rings is 1. The first-order valence-corrected chi connectivity index (χ1v) is 10.5. The van der Waals surface area contributed by atoms with Gasteiger partial charge in [0.1, 0.15) is 27.2 Å². The predicted molar refractivity (Wildman–Crippen MR) is 114 cm³/mol. The lowest BCUT2D eigenvalue weighted by atomic mass is 10.0. The van der Waals surface area contributed by atoms with Crippen LogP contribution in [0.4, 0.5) is 17.6 Å². The lowest BCUT2D eigenvalue weighted by Gasteiger charge is -2.07. The Morgan fingerprint density at radius 1 is 0.970 bits per heavy atom. The number of alkyl halides is 4. The zero-order valence-corrected chi connectivity index (χ0v) is 17.2. The largest absolute Gasteiger partial charge is 0.333 e. The number of hydrogen-bond donors (Lipinski definition) is 0. The molecule has 0 fully saturated rings. The molecule has 5 heterocycles. The SMILES string of the molecule is FC(F)c1cc(-c2ccccc2)c2c(n1)sc1c2ncn2nc(-c3ccnn3C(F)F)nc12. The van der Waals surface area contributed by atoms with Gasteiger partial charge < -0.3 is 0 Å². The van der Waals surface area contributed by atoms with E-state index in [0.29, 0.717) is 36.3 Å². The summed E-state index contributed by atoms with van der Waals surface area (Å²) < 4.78 is 56.2. The molecular weight excluding hydrogens is 458 g/mol. The molecule has 0 radical (unpaired) electrons. The second-order valence-electron chi connectivity index (χ2n) is 7.11. The van der Waals surface area contributed by atoms with E-state index < -0.39 is 13.0 Å². The molecule has 0 aliphatic heterocycles. The van der Waals surface area contributed by atoms with Crippen LogP contribution < -0.4 is 0 Å². The molecule has 164 valence electrons. The standard InChI is InChI=1S/C21H11F4N7S/c22-17(23)12-8-11(10-4-2-1-3-5-10)14-15-16(33-20(14)28-12)19-29-18(30-31(19)9-26-15)13-6-7-27-32(13)21(24)25/h1-9,17,21H. The molecule has 6 aromatic rings. The first kappa shape index (κ1) is 19.7. The molecule has 5 aromatic heterocycles. The Hall–Kier alpha value is -3.93. The fourth-order valence-electron chi connectivity index (χ4n) is 3.76. The fraction of sp³-hybridized carbons (Fsp3) is 0.0952. The molecule has 12 heteroatoms. The summed E-state index contributed by atoms with van der Waals surface area (Å²) in [6.07, 6.45) is -0.0916. The van der Waals surface area contributed by atoms with Crippen molar-refractivity contribution in [2.75, 3.05) is 0 Å². The summed E-state index contributed by atoms with van der Waals surface area (Å²) >= 11 is 1.15. The van der Waals surface area contributed by atoms with Crippen molar-refractivity contribution in [2.24, 2.45) is 0 Å². The molecule has 33 heavy (non-hydrogen) atoms. The van der Waals surface area contributed by atoms with Gasteiger partial charge in [-0.1, -0.05) is 30.3 Å². The molecule has 1 aromatic carbocycles. The van der Waals surface area contributed by atoms with Gasteiger partial charge >= 0.3 is 6.55 Å². The number of aromatic nitrogens is 7. The smallest absolute Gasteiger partial charge is 0.236 e. The van der Waals surface area contributed by atoms with Crippen LogP contribution in [0, 0.1) is 0 Å². The van der Waals surface area contributed by atoms with Gasteiger partial charge in [-0.3, -0.25) is 0 Å². The summed E-state index contributed by atoms with van der Waals surface area (Å²) in [6, 6.07) is 11.9. The van der Waals surface area contributed by atoms with E-state index in [1.54, 1.807) is 0 Å². The van der Waals surface area contributed by atoms with Gasteiger partial charge in [-0.25, -0.2) is 32.9 Å². The molecule has 0 aliphatic rings. The van der Waals surface area contributed by atoms with E-state index in [1.807, 2.05) is 30.3 Å². The van der Waals surface area contributed by atoms with E-state index >= 15 is 0 Å². The molecule has 0 saturated carbocycles. The van der Waals surface area contributed by atoms with Crippen LogP contribution in [0.15, 0.2) is 55.0 Å². The monoisotopic (exact) mass is 469 g/mol. The van der Waals surface area contributed by atoms with Gasteiger partial charge in [-0.15, -0.1) is 16.4 Å². The maximum absolute atomic E-state index is 13.6. The van der Waals surface area contributed by atoms with Crippen molar-refractivity contribution in [3.05, 3.63) is 60.7 Å². The average Bonchev–Trinajstić information content (AvgIpc) is 3.54. The number of pyridine rings is 1. The molecule has 0 bridgehead atoms. The van der Waals surface area contributed by atoms with Crippen molar-refractivity contribution in [1.29, 1.82) is 0 Å². The van der Waals surface area contributed by atoms with E-state index in [4.69, 9.17) is 0 Å². The highest BCUT2D eigenvalue weighted by molar-refractivity contribution is 7.26. The molecule has 0 unspecified atom stereocenters. The first-order valence-electron chi connectivity index (χ1n) is 9.65. The number of halogens is 4. The van der Waals surface area contributed by atoms with Crippen LogP contribution in [-0.2, 0) is 0 Å². The van der Waals surface area contributed by atoms with E-state index in [0.717, 1.165) is 16.9 Å². The van der Waals surface area contributed by atoms with Crippen LogP contribution in [-0.4, -0.2) is 34.3 Å². The van der Waals surface area contributed by atoms with Crippen molar-refractivity contribution in [1.82, 2.24) is 34.3 Å². The van der Waals surface area contributed by atoms with Crippen LogP contribution in [0.3, 0.4) is 0 Å². The van der Waals surface area contributed by atoms with Gasteiger partial charge in [-0.05, 0) is 23.3 Å². The number of benzene rings is 1. The quantitative estimate of drug-likeness (QED) is 0.308. The predicted octanol–water partition coefficient (Wildman–Crippen LogP) is 5.75. The van der Waals surface area contributed by atoms with Crippen molar-refractivity contribution in [3.63, 3.8) is 0 Å². The van der Waals surface area contributed by atoms with Crippen LogP contribution in [0.2, 0.25) is 0 Å². The van der Waals surface area contributed by atoms with Crippen LogP contribution >= 0.6 is 11.3 Å². The third kappa shape index (κ3) is 3.05. The van der Waals surface area contributed by atoms with Gasteiger partial charge in [0.05, 0.1) is 5.52 Å². The highest BCUT2D eigenvalue weighted by Crippen LogP contribution is 2.41. The average molecular weight is 469 g/mol. The Kier molecular flexibility index (Phi) is 4.37. The second-order valence-corrected chi connectivity index (χ2v) is 8.11. The lowest BCUT2D eigenvalue weighted by Crippen LogP contribution is -2.03. The van der Waals surface area contributed by atoms with E-state index in [-0.39, 0.29) is 17.2 Å². The topological polar surface area (TPSA) is 73.8 Å². The van der Waals surface area contributed by atoms with Crippen LogP contribution in [0.1, 0.15) is 18.7 Å². The number of fused-ring (bicyclic) bond motifs is 5. The molecule has 0 spiro atoms. The summed E-state index contributed by atoms with van der Waals surface area (Å²) in [5.74, 6) is 0.0454. The third-order valence-corrected chi connectivity index (χ3v) is 6.25. The highest BCUT2D eigenvalue weighted by atomic mass is 32.1. The molecule has 0 atom stereocenters. The fourth-order valence-corrected chi connectivity index (χ4v) is 4.90. The minimum atomic E-state index is -2.85. The van der Waals surface area contributed by atoms with E-state index in [2.05, 4.69) is 25.1 Å². The van der Waals surface area contributed by atoms with Crippen molar-refractivity contribution in [3.8, 4) is 22.6 Å². The Balaban J connectivity index is 1.65. The molecule has 0 saturated heterocycles. The first-order chi connectivity index (χ1) is 16.0. The number of rotatable bonds is 4. The second kappa shape index (κ2) is 7.30. The minimum Gasteiger partial charge on any atom is -0.236 e. The summed E-state index contributed by atoms with van der Waals surface area (Å²) in [4.78, 5) is 13.5. The number of nitrogens with zero attached hydrogens (tertiary/aromatic N) is 7. The lowest BCUT2D eigenvalue weighted by molar-refractivity contribution is 0.0583. The Labute approximate surface area is 186 Å². The van der Waals surface area contributed by atoms with Gasteiger partial charge in [0, 0.05) is 11.6 Å². The van der Waals surface area contributed by atoms with Gasteiger partial charge in [-0.2, -0.15) is 13.9 Å². The highest BCUT2D eigenvalue weighted by Gasteiger charge is 2.23. The minimum absolute atomic E-state index is 0.0454. The Morgan fingerprint density at radius 3 is 2.55 bits per heavy atom. The Bertz CT molecular complexity index is 1640. The maximum Gasteiger partial charge on any atom is 0.333 e. The third-order valence-electron chi connectivity index (χ3n) is 5.18. The summed E-state index contributed by atoms with van der Waals surface area (Å²) in [5, 5.41) is 8.49. The van der Waals surface area contributed by atoms with Crippen LogP contribution in [0.5, 0.6) is 0 Å². The molecule has 0 aliphatic carbocycles. The molecule has 0 amide bonds. The molecule has 0 N–H and O–H groups in total. The van der Waals surface area contributed by atoms with E-state index in [9.17, 15) is 17.6 Å². The van der Waals surface area contributed by atoms with Crippen LogP contribution in [0.25, 0.3) is 48.7 Å². The summed E-state index contributed by atoms with van der Waals surface area (Å²) in [7, 11) is 0. The zero-order valence-electron chi connectivity index (χ0n) is 16.4. The number of hydrogen-bond acceptors (Lipinski definition) is 6. The summed E-state index contributed by atoms with van der Waals surface area (Å²) in [5.41, 5.74) is 1.91. The molecule has 6 rings (SSSR count). The van der Waals surface area contributed by atoms with Gasteiger partial charge in [0.15, 0.2) is 5.65 Å². The van der Waals surface area contributed by atoms with Gasteiger partial charge in [0.2, 0.25) is 5.82 Å². The maximum atomic E-state index is 13.6. The molecule has 7 nitrogen and oxygen atoms in total. The summed E-state index contributed by atoms with van der Waals surface area (Å²) in [6.45, 7) is -2.85.